The van der Waals surface area contributed by atoms with E-state index in [1.807, 2.05) is 13.0 Å². The second-order valence-corrected chi connectivity index (χ2v) is 9.77. The van der Waals surface area contributed by atoms with Crippen LogP contribution in [-0.4, -0.2) is 84.9 Å². The summed E-state index contributed by atoms with van der Waals surface area (Å²) in [6.07, 6.45) is -1.90. The SMILES string of the molecule is CCN(CC1CCC(C(F)(F)F)CC1)c1ncnc2c1ccn2CC1(O)CCN(C(=O)O)CC1O. The van der Waals surface area contributed by atoms with E-state index in [2.05, 4.69) is 14.9 Å². The van der Waals surface area contributed by atoms with E-state index in [1.165, 1.54) is 6.33 Å². The van der Waals surface area contributed by atoms with E-state index in [1.54, 1.807) is 10.8 Å². The lowest BCUT2D eigenvalue weighted by atomic mass is 9.81. The summed E-state index contributed by atoms with van der Waals surface area (Å²) in [6.45, 7) is 3.18. The van der Waals surface area contributed by atoms with Crippen molar-refractivity contribution in [1.29, 1.82) is 0 Å². The van der Waals surface area contributed by atoms with E-state index in [0.717, 1.165) is 10.3 Å². The molecule has 1 amide bonds. The molecule has 2 atom stereocenters. The normalized spacial score (nSPS) is 27.8. The van der Waals surface area contributed by atoms with E-state index in [0.29, 0.717) is 37.4 Å². The van der Waals surface area contributed by atoms with Gasteiger partial charge in [-0.15, -0.1) is 0 Å². The largest absolute Gasteiger partial charge is 0.465 e. The summed E-state index contributed by atoms with van der Waals surface area (Å²) in [5, 5.41) is 31.4. The van der Waals surface area contributed by atoms with Crippen LogP contribution in [0.2, 0.25) is 0 Å². The number of aliphatic hydroxyl groups excluding tert-OH is 1. The number of carboxylic acid groups (broad SMARTS) is 1. The molecule has 3 heterocycles. The Bertz CT molecular complexity index is 1040. The minimum Gasteiger partial charge on any atom is -0.465 e. The highest BCUT2D eigenvalue weighted by atomic mass is 19.4. The zero-order chi connectivity index (χ0) is 25.4. The second-order valence-electron chi connectivity index (χ2n) is 9.77. The molecule has 0 aromatic carbocycles. The Balaban J connectivity index is 1.49. The van der Waals surface area contributed by atoms with E-state index >= 15 is 0 Å². The number of hydrogen-bond donors (Lipinski definition) is 3. The van der Waals surface area contributed by atoms with Crippen LogP contribution in [-0.2, 0) is 6.54 Å². The van der Waals surface area contributed by atoms with Crippen molar-refractivity contribution in [2.75, 3.05) is 31.1 Å². The lowest BCUT2D eigenvalue weighted by Crippen LogP contribution is -2.58. The Labute approximate surface area is 201 Å². The molecule has 1 saturated carbocycles. The number of halogens is 3. The molecule has 1 aliphatic carbocycles. The molecule has 35 heavy (non-hydrogen) atoms. The number of rotatable bonds is 6. The molecule has 194 valence electrons. The zero-order valence-electron chi connectivity index (χ0n) is 19.7. The van der Waals surface area contributed by atoms with Gasteiger partial charge >= 0.3 is 12.3 Å². The summed E-state index contributed by atoms with van der Waals surface area (Å²) in [6, 6.07) is 1.83. The van der Waals surface area contributed by atoms with Crippen molar-refractivity contribution in [2.45, 2.75) is 63.5 Å². The number of aliphatic hydroxyl groups is 2. The number of piperidine rings is 1. The summed E-state index contributed by atoms with van der Waals surface area (Å²) < 4.78 is 40.8. The van der Waals surface area contributed by atoms with Gasteiger partial charge in [0, 0.05) is 25.8 Å². The van der Waals surface area contributed by atoms with Crippen molar-refractivity contribution in [1.82, 2.24) is 19.4 Å². The van der Waals surface area contributed by atoms with E-state index in [-0.39, 0.29) is 44.8 Å². The Kier molecular flexibility index (Phi) is 7.14. The molecular formula is C23H32F3N5O4. The van der Waals surface area contributed by atoms with Crippen LogP contribution < -0.4 is 4.90 Å². The Morgan fingerprint density at radius 1 is 1.26 bits per heavy atom. The molecule has 0 radical (unpaired) electrons. The average molecular weight is 500 g/mol. The Morgan fingerprint density at radius 3 is 2.57 bits per heavy atom. The molecule has 1 aliphatic heterocycles. The highest BCUT2D eigenvalue weighted by molar-refractivity contribution is 5.87. The van der Waals surface area contributed by atoms with Gasteiger partial charge in [0.1, 0.15) is 29.5 Å². The van der Waals surface area contributed by atoms with Gasteiger partial charge in [-0.3, -0.25) is 0 Å². The highest BCUT2D eigenvalue weighted by Crippen LogP contribution is 2.40. The van der Waals surface area contributed by atoms with Gasteiger partial charge in [0.15, 0.2) is 0 Å². The minimum absolute atomic E-state index is 0.0369. The molecule has 12 heteroatoms. The number of β-amino-alcohol motifs (C(OH)–C–C–N with tert-alkyl or cyclic N) is 1. The topological polar surface area (TPSA) is 115 Å². The lowest BCUT2D eigenvalue weighted by molar-refractivity contribution is -0.183. The van der Waals surface area contributed by atoms with Gasteiger partial charge < -0.3 is 29.7 Å². The van der Waals surface area contributed by atoms with Crippen molar-refractivity contribution in [3.8, 4) is 0 Å². The smallest absolute Gasteiger partial charge is 0.407 e. The molecule has 0 spiro atoms. The number of hydrogen-bond acceptors (Lipinski definition) is 6. The summed E-state index contributed by atoms with van der Waals surface area (Å²) in [4.78, 5) is 23.2. The second kappa shape index (κ2) is 9.81. The van der Waals surface area contributed by atoms with Gasteiger partial charge in [-0.25, -0.2) is 14.8 Å². The first-order valence-corrected chi connectivity index (χ1v) is 12.0. The van der Waals surface area contributed by atoms with Gasteiger partial charge in [0.25, 0.3) is 0 Å². The molecule has 2 aliphatic rings. The van der Waals surface area contributed by atoms with Crippen LogP contribution in [0.4, 0.5) is 23.8 Å². The van der Waals surface area contributed by atoms with Crippen LogP contribution in [0.3, 0.4) is 0 Å². The molecule has 4 rings (SSSR count). The molecule has 2 fully saturated rings. The van der Waals surface area contributed by atoms with Crippen molar-refractivity contribution in [2.24, 2.45) is 11.8 Å². The maximum Gasteiger partial charge on any atom is 0.407 e. The molecule has 1 saturated heterocycles. The summed E-state index contributed by atoms with van der Waals surface area (Å²) >= 11 is 0. The van der Waals surface area contributed by atoms with Gasteiger partial charge in [0.2, 0.25) is 0 Å². The van der Waals surface area contributed by atoms with Crippen LogP contribution in [0.15, 0.2) is 18.6 Å². The van der Waals surface area contributed by atoms with E-state index in [9.17, 15) is 28.2 Å². The van der Waals surface area contributed by atoms with Crippen LogP contribution in [0, 0.1) is 11.8 Å². The number of anilines is 1. The maximum absolute atomic E-state index is 13.0. The predicted octanol–water partition coefficient (Wildman–Crippen LogP) is 3.10. The van der Waals surface area contributed by atoms with Crippen LogP contribution >= 0.6 is 0 Å². The number of likely N-dealkylation sites (tertiary alicyclic amines) is 1. The summed E-state index contributed by atoms with van der Waals surface area (Å²) in [5.41, 5.74) is -0.944. The Morgan fingerprint density at radius 2 is 1.97 bits per heavy atom. The first kappa shape index (κ1) is 25.5. The quantitative estimate of drug-likeness (QED) is 0.560. The molecule has 0 bridgehead atoms. The molecule has 2 aromatic heterocycles. The third kappa shape index (κ3) is 5.32. The highest BCUT2D eigenvalue weighted by Gasteiger charge is 2.43. The number of alkyl halides is 3. The average Bonchev–Trinajstić information content (AvgIpc) is 3.21. The first-order valence-electron chi connectivity index (χ1n) is 12.0. The van der Waals surface area contributed by atoms with Crippen molar-refractivity contribution in [3.63, 3.8) is 0 Å². The predicted molar refractivity (Wildman–Crippen MR) is 122 cm³/mol. The molecular weight excluding hydrogens is 467 g/mol. The number of carbonyl (C=O) groups is 1. The van der Waals surface area contributed by atoms with E-state index in [4.69, 9.17) is 5.11 Å². The minimum atomic E-state index is -4.13. The maximum atomic E-state index is 13.0. The number of fused-ring (bicyclic) bond motifs is 1. The Hall–Kier alpha value is -2.60. The molecule has 9 nitrogen and oxygen atoms in total. The fourth-order valence-corrected chi connectivity index (χ4v) is 5.34. The summed E-state index contributed by atoms with van der Waals surface area (Å²) in [5.74, 6) is -0.379. The molecule has 2 aromatic rings. The molecule has 2 unspecified atom stereocenters. The van der Waals surface area contributed by atoms with Crippen molar-refractivity contribution < 1.29 is 33.3 Å². The van der Waals surface area contributed by atoms with Gasteiger partial charge in [0.05, 0.1) is 24.4 Å². The first-order chi connectivity index (χ1) is 16.5. The van der Waals surface area contributed by atoms with Gasteiger partial charge in [-0.1, -0.05) is 0 Å². The third-order valence-electron chi connectivity index (χ3n) is 7.55. The van der Waals surface area contributed by atoms with Gasteiger partial charge in [-0.2, -0.15) is 13.2 Å². The van der Waals surface area contributed by atoms with Crippen molar-refractivity contribution in [3.05, 3.63) is 18.6 Å². The van der Waals surface area contributed by atoms with Crippen LogP contribution in [0.5, 0.6) is 0 Å². The number of nitrogens with zero attached hydrogens (tertiary/aromatic N) is 5. The van der Waals surface area contributed by atoms with Crippen molar-refractivity contribution >= 4 is 22.9 Å². The fourth-order valence-electron chi connectivity index (χ4n) is 5.34. The number of aromatic nitrogens is 3. The number of amides is 1. The fraction of sp³-hybridized carbons (Fsp3) is 0.696. The van der Waals surface area contributed by atoms with Gasteiger partial charge in [-0.05, 0) is 51.0 Å². The molecule has 3 N–H and O–H groups in total. The standard InChI is InChI=1S/C23H32F3N5O4/c1-2-29(11-15-3-5-16(6-4-15)23(24,25)26)19-17-7-9-31(20(17)28-14-27-19)13-22(35)8-10-30(21(33)34)12-18(22)32/h7,9,14-16,18,32,35H,2-6,8,10-13H2,1H3,(H,33,34). The zero-order valence-corrected chi connectivity index (χ0v) is 19.7. The summed E-state index contributed by atoms with van der Waals surface area (Å²) in [7, 11) is 0. The van der Waals surface area contributed by atoms with Crippen LogP contribution in [0.1, 0.15) is 39.0 Å². The lowest BCUT2D eigenvalue weighted by Gasteiger charge is -2.41. The monoisotopic (exact) mass is 499 g/mol. The van der Waals surface area contributed by atoms with E-state index < -0.39 is 29.9 Å². The van der Waals surface area contributed by atoms with Crippen LogP contribution in [0.25, 0.3) is 11.0 Å². The third-order valence-corrected chi connectivity index (χ3v) is 7.55.